The number of hydrogen-bond donors (Lipinski definition) is 1. The van der Waals surface area contributed by atoms with Gasteiger partial charge in [-0.2, -0.15) is 0 Å². The Kier molecular flexibility index (Phi) is 2.46. The molecule has 0 spiro atoms. The highest BCUT2D eigenvalue weighted by Crippen LogP contribution is 2.31. The SMILES string of the molecule is Cc1cc([C@@H](C)N)cc2c1OCCC2. The van der Waals surface area contributed by atoms with E-state index in [1.165, 1.54) is 16.7 Å². The lowest BCUT2D eigenvalue weighted by molar-refractivity contribution is 0.286. The third kappa shape index (κ3) is 1.62. The zero-order chi connectivity index (χ0) is 10.1. The molecule has 76 valence electrons. The van der Waals surface area contributed by atoms with Crippen LogP contribution in [0, 0.1) is 6.92 Å². The van der Waals surface area contributed by atoms with Gasteiger partial charge in [0.15, 0.2) is 0 Å². The van der Waals surface area contributed by atoms with Crippen molar-refractivity contribution in [1.82, 2.24) is 0 Å². The first-order valence-corrected chi connectivity index (χ1v) is 5.20. The van der Waals surface area contributed by atoms with Crippen LogP contribution in [0.25, 0.3) is 0 Å². The fraction of sp³-hybridized carbons (Fsp3) is 0.500. The first kappa shape index (κ1) is 9.53. The Morgan fingerprint density at radius 3 is 2.93 bits per heavy atom. The molecule has 2 N–H and O–H groups in total. The molecule has 1 aliphatic rings. The van der Waals surface area contributed by atoms with E-state index in [0.717, 1.165) is 25.2 Å². The van der Waals surface area contributed by atoms with Gasteiger partial charge >= 0.3 is 0 Å². The largest absolute Gasteiger partial charge is 0.493 e. The molecule has 1 heterocycles. The van der Waals surface area contributed by atoms with Gasteiger partial charge in [0.1, 0.15) is 5.75 Å². The Morgan fingerprint density at radius 2 is 2.21 bits per heavy atom. The summed E-state index contributed by atoms with van der Waals surface area (Å²) in [6.07, 6.45) is 2.24. The lowest BCUT2D eigenvalue weighted by atomic mass is 9.97. The van der Waals surface area contributed by atoms with Gasteiger partial charge in [-0.15, -0.1) is 0 Å². The van der Waals surface area contributed by atoms with E-state index in [1.54, 1.807) is 0 Å². The van der Waals surface area contributed by atoms with Crippen LogP contribution >= 0.6 is 0 Å². The number of ether oxygens (including phenoxy) is 1. The Morgan fingerprint density at radius 1 is 1.43 bits per heavy atom. The van der Waals surface area contributed by atoms with Crippen molar-refractivity contribution >= 4 is 0 Å². The summed E-state index contributed by atoms with van der Waals surface area (Å²) in [6, 6.07) is 4.43. The van der Waals surface area contributed by atoms with Gasteiger partial charge in [0, 0.05) is 6.04 Å². The Balaban J connectivity index is 2.46. The molecule has 0 saturated heterocycles. The minimum Gasteiger partial charge on any atom is -0.493 e. The van der Waals surface area contributed by atoms with Gasteiger partial charge in [0.05, 0.1) is 6.61 Å². The number of fused-ring (bicyclic) bond motifs is 1. The maximum Gasteiger partial charge on any atom is 0.125 e. The predicted octanol–water partition coefficient (Wildman–Crippen LogP) is 2.34. The number of benzene rings is 1. The minimum absolute atomic E-state index is 0.112. The highest BCUT2D eigenvalue weighted by molar-refractivity contribution is 5.45. The number of rotatable bonds is 1. The van der Waals surface area contributed by atoms with Crippen LogP contribution in [-0.2, 0) is 6.42 Å². The van der Waals surface area contributed by atoms with Crippen molar-refractivity contribution < 1.29 is 4.74 Å². The van der Waals surface area contributed by atoms with E-state index in [-0.39, 0.29) is 6.04 Å². The second-order valence-corrected chi connectivity index (χ2v) is 4.07. The maximum absolute atomic E-state index is 5.87. The second kappa shape index (κ2) is 3.62. The quantitative estimate of drug-likeness (QED) is 0.739. The topological polar surface area (TPSA) is 35.2 Å². The summed E-state index contributed by atoms with van der Waals surface area (Å²) >= 11 is 0. The van der Waals surface area contributed by atoms with E-state index in [9.17, 15) is 0 Å². The molecule has 0 aliphatic carbocycles. The average Bonchev–Trinajstić information content (AvgIpc) is 2.17. The van der Waals surface area contributed by atoms with Crippen LogP contribution in [0.1, 0.15) is 36.1 Å². The van der Waals surface area contributed by atoms with Crippen LogP contribution in [0.2, 0.25) is 0 Å². The van der Waals surface area contributed by atoms with Crippen molar-refractivity contribution in [1.29, 1.82) is 0 Å². The highest BCUT2D eigenvalue weighted by atomic mass is 16.5. The number of nitrogens with two attached hydrogens (primary N) is 1. The van der Waals surface area contributed by atoms with Crippen molar-refractivity contribution in [2.24, 2.45) is 5.73 Å². The monoisotopic (exact) mass is 191 g/mol. The first-order valence-electron chi connectivity index (χ1n) is 5.20. The summed E-state index contributed by atoms with van der Waals surface area (Å²) in [7, 11) is 0. The van der Waals surface area contributed by atoms with Crippen molar-refractivity contribution in [3.63, 3.8) is 0 Å². The summed E-state index contributed by atoms with van der Waals surface area (Å²) in [4.78, 5) is 0. The molecular formula is C12H17NO. The van der Waals surface area contributed by atoms with Gasteiger partial charge in [0.2, 0.25) is 0 Å². The second-order valence-electron chi connectivity index (χ2n) is 4.07. The molecule has 1 aliphatic heterocycles. The van der Waals surface area contributed by atoms with Crippen LogP contribution in [0.3, 0.4) is 0 Å². The average molecular weight is 191 g/mol. The van der Waals surface area contributed by atoms with E-state index in [4.69, 9.17) is 10.5 Å². The highest BCUT2D eigenvalue weighted by Gasteiger charge is 2.14. The van der Waals surface area contributed by atoms with E-state index in [1.807, 2.05) is 6.92 Å². The molecule has 0 saturated carbocycles. The predicted molar refractivity (Wildman–Crippen MR) is 57.6 cm³/mol. The molecule has 0 unspecified atom stereocenters. The molecule has 14 heavy (non-hydrogen) atoms. The van der Waals surface area contributed by atoms with Crippen LogP contribution in [0.15, 0.2) is 12.1 Å². The molecule has 1 atom stereocenters. The summed E-state index contributed by atoms with van der Waals surface area (Å²) in [6.45, 7) is 4.96. The Hall–Kier alpha value is -1.02. The standard InChI is InChI=1S/C12H17NO/c1-8-6-11(9(2)13)7-10-4-3-5-14-12(8)10/h6-7,9H,3-5,13H2,1-2H3/t9-/m1/s1. The molecule has 1 aromatic carbocycles. The van der Waals surface area contributed by atoms with Gasteiger partial charge in [-0.3, -0.25) is 0 Å². The molecule has 0 aromatic heterocycles. The molecule has 0 fully saturated rings. The fourth-order valence-corrected chi connectivity index (χ4v) is 1.97. The number of aryl methyl sites for hydroxylation is 2. The lowest BCUT2D eigenvalue weighted by Gasteiger charge is -2.21. The van der Waals surface area contributed by atoms with Crippen molar-refractivity contribution in [3.8, 4) is 5.75 Å². The molecule has 2 heteroatoms. The van der Waals surface area contributed by atoms with E-state index < -0.39 is 0 Å². The van der Waals surface area contributed by atoms with E-state index >= 15 is 0 Å². The molecule has 1 aromatic rings. The third-order valence-corrected chi connectivity index (χ3v) is 2.74. The van der Waals surface area contributed by atoms with Crippen LogP contribution in [-0.4, -0.2) is 6.61 Å². The molecular weight excluding hydrogens is 174 g/mol. The molecule has 2 nitrogen and oxygen atoms in total. The molecule has 0 bridgehead atoms. The Bertz CT molecular complexity index is 344. The Labute approximate surface area is 85.1 Å². The van der Waals surface area contributed by atoms with Gasteiger partial charge in [-0.1, -0.05) is 12.1 Å². The van der Waals surface area contributed by atoms with Crippen LogP contribution < -0.4 is 10.5 Å². The summed E-state index contributed by atoms with van der Waals surface area (Å²) in [5.41, 5.74) is 9.63. The van der Waals surface area contributed by atoms with Gasteiger partial charge < -0.3 is 10.5 Å². The van der Waals surface area contributed by atoms with Crippen LogP contribution in [0.5, 0.6) is 5.75 Å². The van der Waals surface area contributed by atoms with E-state index in [0.29, 0.717) is 0 Å². The lowest BCUT2D eigenvalue weighted by Crippen LogP contribution is -2.12. The van der Waals surface area contributed by atoms with Crippen LogP contribution in [0.4, 0.5) is 0 Å². The molecule has 2 rings (SSSR count). The fourth-order valence-electron chi connectivity index (χ4n) is 1.97. The molecule has 0 amide bonds. The summed E-state index contributed by atoms with van der Waals surface area (Å²) < 4.78 is 5.65. The van der Waals surface area contributed by atoms with Crippen molar-refractivity contribution in [2.75, 3.05) is 6.61 Å². The van der Waals surface area contributed by atoms with Crippen molar-refractivity contribution in [3.05, 3.63) is 28.8 Å². The summed E-state index contributed by atoms with van der Waals surface area (Å²) in [5.74, 6) is 1.08. The van der Waals surface area contributed by atoms with Crippen molar-refractivity contribution in [2.45, 2.75) is 32.7 Å². The normalized spacial score (nSPS) is 17.1. The smallest absolute Gasteiger partial charge is 0.125 e. The number of hydrogen-bond acceptors (Lipinski definition) is 2. The third-order valence-electron chi connectivity index (χ3n) is 2.74. The minimum atomic E-state index is 0.112. The van der Waals surface area contributed by atoms with Gasteiger partial charge in [0.25, 0.3) is 0 Å². The van der Waals surface area contributed by atoms with Gasteiger partial charge in [-0.05, 0) is 43.4 Å². The van der Waals surface area contributed by atoms with Gasteiger partial charge in [-0.25, -0.2) is 0 Å². The maximum atomic E-state index is 5.87. The molecule has 0 radical (unpaired) electrons. The summed E-state index contributed by atoms with van der Waals surface area (Å²) in [5, 5.41) is 0. The zero-order valence-corrected chi connectivity index (χ0v) is 8.84. The van der Waals surface area contributed by atoms with E-state index in [2.05, 4.69) is 19.1 Å². The zero-order valence-electron chi connectivity index (χ0n) is 8.84. The first-order chi connectivity index (χ1) is 6.68.